The van der Waals surface area contributed by atoms with Crippen molar-refractivity contribution in [3.63, 3.8) is 0 Å². The molecule has 1 saturated heterocycles. The molecule has 3 atom stereocenters. The van der Waals surface area contributed by atoms with Crippen molar-refractivity contribution in [1.29, 1.82) is 0 Å². The highest BCUT2D eigenvalue weighted by Crippen LogP contribution is 2.45. The number of thiocarbonyl (C=S) groups is 1. The molecule has 0 aromatic heterocycles. The van der Waals surface area contributed by atoms with Crippen molar-refractivity contribution in [3.8, 4) is 5.75 Å². The Hall–Kier alpha value is -4.32. The highest BCUT2D eigenvalue weighted by Gasteiger charge is 2.50. The third kappa shape index (κ3) is 10.7. The van der Waals surface area contributed by atoms with Crippen LogP contribution in [-0.4, -0.2) is 73.5 Å². The molecular weight excluding hydrogens is 767 g/mol. The van der Waals surface area contributed by atoms with Crippen LogP contribution >= 0.6 is 24.0 Å². The molecule has 5 N–H and O–H groups in total. The van der Waals surface area contributed by atoms with Crippen LogP contribution < -0.4 is 15.8 Å². The van der Waals surface area contributed by atoms with Crippen molar-refractivity contribution in [1.82, 2.24) is 9.62 Å². The molecule has 1 fully saturated rings. The van der Waals surface area contributed by atoms with Gasteiger partial charge < -0.3 is 25.7 Å². The van der Waals surface area contributed by atoms with E-state index in [1.54, 1.807) is 0 Å². The van der Waals surface area contributed by atoms with Crippen LogP contribution in [0.2, 0.25) is 0 Å². The second kappa shape index (κ2) is 18.1. The Kier molecular flexibility index (Phi) is 14.3. The molecule has 0 radical (unpaired) electrons. The van der Waals surface area contributed by atoms with Gasteiger partial charge in [-0.05, 0) is 102 Å². The largest absolute Gasteiger partial charge is 0.478 e. The van der Waals surface area contributed by atoms with Crippen LogP contribution in [0.1, 0.15) is 95.8 Å². The number of carbonyl (C=O) groups excluding carboxylic acids is 2. The molecule has 1 aromatic rings. The number of rotatable bonds is 16. The number of ether oxygens (including phenoxy) is 1. The predicted octanol–water partition coefficient (Wildman–Crippen LogP) is 6.03. The standard InChI is InChI=1S/C38H49N5O9S3/c1-8-9-10-11-24-19-23(5)31(26-18-22(4)12-13-25(26)21(2)3)29(20-24)51-37(53)54-17-16-28-33(35(45)43(28)55(48,49)50)41-34(44)32(27-14-15-30(39)40-27)42-52-38(6,7)36(46)47/h14,16,18-20,25-26,33H,2,8-13,15,17H2,1,3-7H3,(H2,39,40)(H,41,44)(H,46,47)(H,48,49,50)/b28-16+,42-32-/t25-,26+,33-/m0/s1. The number of β-lactam (4-membered cyclic amide) rings is 1. The molecule has 0 bridgehead atoms. The Bertz CT molecular complexity index is 2020. The van der Waals surface area contributed by atoms with Gasteiger partial charge in [0.15, 0.2) is 11.8 Å². The molecule has 2 heterocycles. The van der Waals surface area contributed by atoms with Gasteiger partial charge in [0, 0.05) is 23.7 Å². The number of hydrogen-bond acceptors (Lipinski definition) is 12. The summed E-state index contributed by atoms with van der Waals surface area (Å²) in [5, 5.41) is 15.5. The van der Waals surface area contributed by atoms with E-state index in [0.717, 1.165) is 72.6 Å². The molecule has 0 spiro atoms. The highest BCUT2D eigenvalue weighted by molar-refractivity contribution is 8.22. The van der Waals surface area contributed by atoms with E-state index in [1.165, 1.54) is 31.6 Å². The Morgan fingerprint density at radius 2 is 1.98 bits per heavy atom. The lowest BCUT2D eigenvalue weighted by atomic mass is 9.73. The van der Waals surface area contributed by atoms with Gasteiger partial charge in [-0.3, -0.25) is 14.1 Å². The minimum absolute atomic E-state index is 0.00991. The lowest BCUT2D eigenvalue weighted by Gasteiger charge is -2.38. The summed E-state index contributed by atoms with van der Waals surface area (Å²) >= 11 is 6.72. The van der Waals surface area contributed by atoms with Gasteiger partial charge in [-0.1, -0.05) is 72.6 Å². The number of oxime groups is 1. The van der Waals surface area contributed by atoms with E-state index in [1.807, 2.05) is 13.0 Å². The summed E-state index contributed by atoms with van der Waals surface area (Å²) in [6.07, 6.45) is 11.3. The predicted molar refractivity (Wildman–Crippen MR) is 217 cm³/mol. The number of allylic oxidation sites excluding steroid dienone is 3. The number of amides is 2. The van der Waals surface area contributed by atoms with Crippen LogP contribution in [0.15, 0.2) is 69.6 Å². The smallest absolute Gasteiger partial charge is 0.366 e. The normalized spacial score (nSPS) is 21.0. The fourth-order valence-corrected chi connectivity index (χ4v) is 8.11. The summed E-state index contributed by atoms with van der Waals surface area (Å²) in [5.41, 5.74) is 8.71. The molecule has 2 amide bonds. The molecule has 298 valence electrons. The molecule has 0 unspecified atom stereocenters. The van der Waals surface area contributed by atoms with Gasteiger partial charge >= 0.3 is 16.3 Å². The van der Waals surface area contributed by atoms with Crippen LogP contribution in [0, 0.1) is 12.8 Å². The topological polar surface area (TPSA) is 210 Å². The second-order valence-corrected chi connectivity index (χ2v) is 17.2. The fourth-order valence-electron chi connectivity index (χ4n) is 6.50. The molecule has 3 aliphatic rings. The summed E-state index contributed by atoms with van der Waals surface area (Å²) in [4.78, 5) is 47.2. The molecule has 1 aliphatic carbocycles. The first-order chi connectivity index (χ1) is 25.7. The van der Waals surface area contributed by atoms with Crippen molar-refractivity contribution in [2.75, 3.05) is 5.75 Å². The Balaban J connectivity index is 1.59. The number of nitrogens with zero attached hydrogens (tertiary/aromatic N) is 3. The summed E-state index contributed by atoms with van der Waals surface area (Å²) in [6.45, 7) is 15.1. The van der Waals surface area contributed by atoms with E-state index in [0.29, 0.717) is 5.75 Å². The van der Waals surface area contributed by atoms with E-state index in [9.17, 15) is 32.5 Å². The number of benzene rings is 1. The van der Waals surface area contributed by atoms with Gasteiger partial charge in [0.25, 0.3) is 11.8 Å². The number of aryl methyl sites for hydroxylation is 2. The average Bonchev–Trinajstić information content (AvgIpc) is 3.51. The first-order valence-corrected chi connectivity index (χ1v) is 20.7. The zero-order valence-electron chi connectivity index (χ0n) is 31.9. The van der Waals surface area contributed by atoms with Gasteiger partial charge in [-0.2, -0.15) is 12.7 Å². The van der Waals surface area contributed by atoms with E-state index in [-0.39, 0.29) is 49.9 Å². The molecule has 17 heteroatoms. The summed E-state index contributed by atoms with van der Waals surface area (Å²) < 4.78 is 40.9. The molecule has 2 aliphatic heterocycles. The first kappa shape index (κ1) is 43.4. The highest BCUT2D eigenvalue weighted by atomic mass is 32.2. The number of aliphatic imine (C=N–C) groups is 1. The number of amidine groups is 1. The van der Waals surface area contributed by atoms with Crippen molar-refractivity contribution < 1.29 is 42.0 Å². The van der Waals surface area contributed by atoms with Crippen molar-refractivity contribution in [2.45, 2.75) is 104 Å². The quantitative estimate of drug-likeness (QED) is 0.0287. The second-order valence-electron chi connectivity index (χ2n) is 14.3. The van der Waals surface area contributed by atoms with Crippen molar-refractivity contribution in [3.05, 3.63) is 76.2 Å². The number of unbranched alkanes of at least 4 members (excludes halogenated alkanes) is 2. The number of aliphatic carboxylic acids is 1. The summed E-state index contributed by atoms with van der Waals surface area (Å²) in [7, 11) is -5.06. The lowest BCUT2D eigenvalue weighted by Crippen LogP contribution is -2.64. The molecule has 14 nitrogen and oxygen atoms in total. The van der Waals surface area contributed by atoms with E-state index >= 15 is 0 Å². The van der Waals surface area contributed by atoms with Gasteiger partial charge in [0.1, 0.15) is 11.6 Å². The molecule has 55 heavy (non-hydrogen) atoms. The van der Waals surface area contributed by atoms with E-state index in [2.05, 4.69) is 55.0 Å². The summed E-state index contributed by atoms with van der Waals surface area (Å²) in [5.74, 6) is -2.55. The zero-order valence-corrected chi connectivity index (χ0v) is 34.3. The molecule has 1 aromatic carbocycles. The van der Waals surface area contributed by atoms with Crippen LogP contribution in [0.3, 0.4) is 0 Å². The maximum Gasteiger partial charge on any atom is 0.366 e. The first-order valence-electron chi connectivity index (χ1n) is 17.9. The number of hydrogen-bond donors (Lipinski definition) is 4. The fraction of sp³-hybridized carbons (Fsp3) is 0.474. The third-order valence-electron chi connectivity index (χ3n) is 9.47. The van der Waals surface area contributed by atoms with Gasteiger partial charge in [-0.25, -0.2) is 9.79 Å². The van der Waals surface area contributed by atoms with Gasteiger partial charge in [-0.15, -0.1) is 0 Å². The van der Waals surface area contributed by atoms with E-state index in [4.69, 9.17) is 27.5 Å². The Morgan fingerprint density at radius 1 is 1.27 bits per heavy atom. The van der Waals surface area contributed by atoms with Crippen molar-refractivity contribution >= 4 is 68.0 Å². The zero-order chi connectivity index (χ0) is 40.8. The van der Waals surface area contributed by atoms with Crippen LogP contribution in [-0.2, 0) is 35.9 Å². The number of carboxylic acids is 1. The third-order valence-corrected chi connectivity index (χ3v) is 11.4. The molecular formula is C38H49N5O9S3. The number of carboxylic acid groups (broad SMARTS) is 1. The number of carbonyl (C=O) groups is 3. The average molecular weight is 816 g/mol. The Labute approximate surface area is 331 Å². The lowest BCUT2D eigenvalue weighted by molar-refractivity contribution is -0.161. The number of nitrogens with one attached hydrogen (secondary N) is 1. The maximum absolute atomic E-state index is 13.5. The minimum Gasteiger partial charge on any atom is -0.478 e. The van der Waals surface area contributed by atoms with Gasteiger partial charge in [0.2, 0.25) is 9.98 Å². The molecule has 4 rings (SSSR count). The SMILES string of the molecule is C=C(C)[C@@H]1CCC(C)=C[C@H]1c1c(C)cc(CCCCC)cc1OC(=S)SC/C=C1\[C@H](NC(=O)/C(=N\OC(C)(C)C(=O)O)C2=CCC(N)=N2)C(=O)N1S(=O)(=O)O. The monoisotopic (exact) mass is 815 g/mol. The van der Waals surface area contributed by atoms with E-state index < -0.39 is 45.4 Å². The maximum atomic E-state index is 13.5. The van der Waals surface area contributed by atoms with Crippen LogP contribution in [0.4, 0.5) is 0 Å². The Morgan fingerprint density at radius 3 is 2.58 bits per heavy atom. The van der Waals surface area contributed by atoms with Crippen LogP contribution in [0.5, 0.6) is 5.75 Å². The summed E-state index contributed by atoms with van der Waals surface area (Å²) in [6, 6.07) is 2.70. The number of nitrogens with two attached hydrogens (primary N) is 1. The number of thioether (sulfide) groups is 1. The molecule has 0 saturated carbocycles. The van der Waals surface area contributed by atoms with Crippen LogP contribution in [0.25, 0.3) is 0 Å². The van der Waals surface area contributed by atoms with Gasteiger partial charge in [0.05, 0.1) is 11.4 Å². The minimum atomic E-state index is -5.06. The van der Waals surface area contributed by atoms with Crippen molar-refractivity contribution in [2.24, 2.45) is 21.8 Å².